The molecule has 63 heavy (non-hydrogen) atoms. The minimum atomic E-state index is 0.535. The summed E-state index contributed by atoms with van der Waals surface area (Å²) in [6.07, 6.45) is 0. The van der Waals surface area contributed by atoms with Gasteiger partial charge in [-0.25, -0.2) is 24.9 Å². The highest BCUT2D eigenvalue weighted by Gasteiger charge is 2.22. The van der Waals surface area contributed by atoms with Crippen molar-refractivity contribution in [2.45, 2.75) is 0 Å². The lowest BCUT2D eigenvalue weighted by atomic mass is 10.0. The number of nitriles is 1. The monoisotopic (exact) mass is 805 g/mol. The first-order chi connectivity index (χ1) is 31.2. The molecule has 0 spiro atoms. The fourth-order valence-electron chi connectivity index (χ4n) is 8.22. The number of nitrogens with zero attached hydrogens (tertiary/aromatic N) is 7. The van der Waals surface area contributed by atoms with Gasteiger partial charge in [0.1, 0.15) is 0 Å². The zero-order valence-corrected chi connectivity index (χ0v) is 33.8. The summed E-state index contributed by atoms with van der Waals surface area (Å²) in [7, 11) is 0. The van der Waals surface area contributed by atoms with Gasteiger partial charge >= 0.3 is 0 Å². The third-order valence-corrected chi connectivity index (χ3v) is 11.3. The van der Waals surface area contributed by atoms with Crippen molar-refractivity contribution in [2.75, 3.05) is 0 Å². The summed E-state index contributed by atoms with van der Waals surface area (Å²) >= 11 is 0. The fraction of sp³-hybridized carbons (Fsp3) is 0. The van der Waals surface area contributed by atoms with E-state index in [1.54, 1.807) is 0 Å². The molecule has 3 aromatic heterocycles. The van der Waals surface area contributed by atoms with Gasteiger partial charge in [-0.1, -0.05) is 158 Å². The molecule has 3 heterocycles. The molecule has 0 saturated heterocycles. The Bertz CT molecular complexity index is 3370. The first-order valence-corrected chi connectivity index (χ1v) is 20.7. The number of para-hydroxylation sites is 1. The van der Waals surface area contributed by atoms with E-state index < -0.39 is 0 Å². The highest BCUT2D eigenvalue weighted by Crippen LogP contribution is 2.40. The van der Waals surface area contributed by atoms with Gasteiger partial charge in [0.2, 0.25) is 0 Å². The molecule has 0 radical (unpaired) electrons. The van der Waals surface area contributed by atoms with Gasteiger partial charge in [-0.15, -0.1) is 0 Å². The standard InChI is InChI=1S/C56H35N7/c57-36-37-25-27-38(28-26-37)43-29-31-51-46(33-43)45-23-13-14-24-50(45)63(51)52-32-30-44(55-61-53(41-19-9-3-10-20-41)60-54(62-55)42-21-11-4-12-22-42)34-47(52)56-58-48(39-15-5-1-6-16-39)35-49(59-56)40-17-7-2-8-18-40/h1-35H. The van der Waals surface area contributed by atoms with E-state index in [0.717, 1.165) is 83.4 Å². The van der Waals surface area contributed by atoms with Crippen molar-refractivity contribution in [3.8, 4) is 90.9 Å². The molecule has 0 saturated carbocycles. The summed E-state index contributed by atoms with van der Waals surface area (Å²) in [5.41, 5.74) is 12.7. The van der Waals surface area contributed by atoms with E-state index in [0.29, 0.717) is 28.9 Å². The molecule has 11 rings (SSSR count). The Morgan fingerprint density at radius 2 is 0.810 bits per heavy atom. The van der Waals surface area contributed by atoms with Crippen molar-refractivity contribution in [1.82, 2.24) is 29.5 Å². The van der Waals surface area contributed by atoms with E-state index in [1.807, 2.05) is 121 Å². The van der Waals surface area contributed by atoms with Crippen LogP contribution >= 0.6 is 0 Å². The topological polar surface area (TPSA) is 93.2 Å². The van der Waals surface area contributed by atoms with Gasteiger partial charge in [0.05, 0.1) is 39.7 Å². The first-order valence-electron chi connectivity index (χ1n) is 20.7. The van der Waals surface area contributed by atoms with E-state index in [-0.39, 0.29) is 0 Å². The van der Waals surface area contributed by atoms with E-state index >= 15 is 0 Å². The zero-order valence-electron chi connectivity index (χ0n) is 33.8. The lowest BCUT2D eigenvalue weighted by Crippen LogP contribution is -2.04. The Kier molecular flexibility index (Phi) is 9.41. The lowest BCUT2D eigenvalue weighted by molar-refractivity contribution is 1.07. The van der Waals surface area contributed by atoms with E-state index in [1.165, 1.54) is 0 Å². The number of benzene rings is 8. The average Bonchev–Trinajstić information content (AvgIpc) is 3.70. The maximum absolute atomic E-state index is 9.45. The van der Waals surface area contributed by atoms with Crippen LogP contribution in [-0.4, -0.2) is 29.5 Å². The van der Waals surface area contributed by atoms with Crippen LogP contribution in [0, 0.1) is 11.3 Å². The molecule has 0 atom stereocenters. The molecule has 0 amide bonds. The Labute approximate surface area is 364 Å². The molecule has 294 valence electrons. The molecule has 0 aliphatic rings. The molecule has 0 aliphatic carbocycles. The second-order valence-electron chi connectivity index (χ2n) is 15.2. The zero-order chi connectivity index (χ0) is 42.1. The number of fused-ring (bicyclic) bond motifs is 3. The van der Waals surface area contributed by atoms with Gasteiger partial charge in [-0.3, -0.25) is 0 Å². The van der Waals surface area contributed by atoms with Crippen LogP contribution in [0.5, 0.6) is 0 Å². The summed E-state index contributed by atoms with van der Waals surface area (Å²) < 4.78 is 2.31. The number of hydrogen-bond donors (Lipinski definition) is 0. The van der Waals surface area contributed by atoms with Crippen molar-refractivity contribution >= 4 is 21.8 Å². The third-order valence-electron chi connectivity index (χ3n) is 11.3. The first kappa shape index (κ1) is 37.2. The van der Waals surface area contributed by atoms with Crippen LogP contribution < -0.4 is 0 Å². The molecular weight excluding hydrogens is 771 g/mol. The van der Waals surface area contributed by atoms with Gasteiger partial charge in [0.25, 0.3) is 0 Å². The third kappa shape index (κ3) is 7.08. The molecule has 0 aliphatic heterocycles. The second kappa shape index (κ2) is 16.0. The molecule has 0 N–H and O–H groups in total. The van der Waals surface area contributed by atoms with E-state index in [2.05, 4.69) is 102 Å². The van der Waals surface area contributed by atoms with Crippen LogP contribution in [0.4, 0.5) is 0 Å². The lowest BCUT2D eigenvalue weighted by Gasteiger charge is -2.17. The molecule has 11 aromatic rings. The normalized spacial score (nSPS) is 11.2. The Hall–Kier alpha value is -8.86. The van der Waals surface area contributed by atoms with Crippen molar-refractivity contribution in [2.24, 2.45) is 0 Å². The van der Waals surface area contributed by atoms with Crippen LogP contribution in [0.2, 0.25) is 0 Å². The van der Waals surface area contributed by atoms with Crippen LogP contribution in [0.3, 0.4) is 0 Å². The summed E-state index contributed by atoms with van der Waals surface area (Å²) in [5, 5.41) is 11.7. The molecule has 0 bridgehead atoms. The highest BCUT2D eigenvalue weighted by molar-refractivity contribution is 6.11. The van der Waals surface area contributed by atoms with Gasteiger partial charge in [0, 0.05) is 44.2 Å². The summed E-state index contributed by atoms with van der Waals surface area (Å²) in [6, 6.07) is 74.0. The summed E-state index contributed by atoms with van der Waals surface area (Å²) in [5.74, 6) is 2.26. The highest BCUT2D eigenvalue weighted by atomic mass is 15.0. The van der Waals surface area contributed by atoms with E-state index in [4.69, 9.17) is 24.9 Å². The smallest absolute Gasteiger partial charge is 0.164 e. The molecule has 0 fully saturated rings. The predicted molar refractivity (Wildman–Crippen MR) is 253 cm³/mol. The van der Waals surface area contributed by atoms with Crippen molar-refractivity contribution in [3.63, 3.8) is 0 Å². The van der Waals surface area contributed by atoms with Crippen LogP contribution in [0.1, 0.15) is 5.56 Å². The summed E-state index contributed by atoms with van der Waals surface area (Å²) in [6.45, 7) is 0. The molecular formula is C56H35N7. The van der Waals surface area contributed by atoms with Crippen molar-refractivity contribution < 1.29 is 0 Å². The van der Waals surface area contributed by atoms with Gasteiger partial charge < -0.3 is 4.57 Å². The predicted octanol–water partition coefficient (Wildman–Crippen LogP) is 13.3. The molecule has 7 nitrogen and oxygen atoms in total. The average molecular weight is 806 g/mol. The maximum Gasteiger partial charge on any atom is 0.164 e. The molecule has 8 aromatic carbocycles. The Morgan fingerprint density at radius 1 is 0.333 bits per heavy atom. The maximum atomic E-state index is 9.45. The summed E-state index contributed by atoms with van der Waals surface area (Å²) in [4.78, 5) is 25.9. The Morgan fingerprint density at radius 3 is 1.38 bits per heavy atom. The van der Waals surface area contributed by atoms with Gasteiger partial charge in [0.15, 0.2) is 23.3 Å². The Balaban J connectivity index is 1.18. The van der Waals surface area contributed by atoms with Crippen molar-refractivity contribution in [1.29, 1.82) is 5.26 Å². The quantitative estimate of drug-likeness (QED) is 0.152. The van der Waals surface area contributed by atoms with Crippen molar-refractivity contribution in [3.05, 3.63) is 218 Å². The minimum absolute atomic E-state index is 0.535. The number of hydrogen-bond acceptors (Lipinski definition) is 6. The van der Waals surface area contributed by atoms with E-state index in [9.17, 15) is 5.26 Å². The second-order valence-corrected chi connectivity index (χ2v) is 15.2. The van der Waals surface area contributed by atoms with Crippen LogP contribution in [0.25, 0.3) is 107 Å². The number of aromatic nitrogens is 6. The van der Waals surface area contributed by atoms with Crippen LogP contribution in [0.15, 0.2) is 212 Å². The van der Waals surface area contributed by atoms with Gasteiger partial charge in [-0.2, -0.15) is 5.26 Å². The fourth-order valence-corrected chi connectivity index (χ4v) is 8.22. The number of rotatable bonds is 8. The molecule has 0 unspecified atom stereocenters. The minimum Gasteiger partial charge on any atom is -0.309 e. The molecule has 7 heteroatoms. The largest absolute Gasteiger partial charge is 0.309 e. The van der Waals surface area contributed by atoms with Crippen LogP contribution in [-0.2, 0) is 0 Å². The van der Waals surface area contributed by atoms with Gasteiger partial charge in [-0.05, 0) is 65.7 Å². The SMILES string of the molecule is N#Cc1ccc(-c2ccc3c(c2)c2ccccc2n3-c2ccc(-c3nc(-c4ccccc4)nc(-c4ccccc4)n3)cc2-c2nc(-c3ccccc3)cc(-c3ccccc3)n2)cc1.